The van der Waals surface area contributed by atoms with E-state index in [4.69, 9.17) is 4.74 Å². The summed E-state index contributed by atoms with van der Waals surface area (Å²) in [6.45, 7) is 6.05. The van der Waals surface area contributed by atoms with Crippen LogP contribution in [0.25, 0.3) is 0 Å². The van der Waals surface area contributed by atoms with E-state index >= 15 is 0 Å². The summed E-state index contributed by atoms with van der Waals surface area (Å²) < 4.78 is 4.90. The quantitative estimate of drug-likeness (QED) is 0.443. The molecule has 2 aromatic carbocycles. The molecule has 126 valence electrons. The molecule has 0 spiro atoms. The predicted molar refractivity (Wildman–Crippen MR) is 104 cm³/mol. The summed E-state index contributed by atoms with van der Waals surface area (Å²) >= 11 is 5.04. The Balaban J connectivity index is 0.00000112. The summed E-state index contributed by atoms with van der Waals surface area (Å²) in [7, 11) is 1.42. The SMILES string of the molecule is CC.COC(=O)C(Sc1ccc(C)cc1)c1ccccc1.CS. The average molecular weight is 351 g/mol. The molecule has 1 unspecified atom stereocenters. The zero-order valence-electron chi connectivity index (χ0n) is 14.4. The second-order valence-corrected chi connectivity index (χ2v) is 5.42. The number of carbonyl (C=O) groups excluding carboxylic acids is 1. The number of thioether (sulfide) groups is 1. The van der Waals surface area contributed by atoms with Gasteiger partial charge in [0.25, 0.3) is 0 Å². The molecule has 0 amide bonds. The molecule has 0 N–H and O–H groups in total. The van der Waals surface area contributed by atoms with Crippen LogP contribution in [-0.4, -0.2) is 19.3 Å². The lowest BCUT2D eigenvalue weighted by atomic mass is 10.1. The van der Waals surface area contributed by atoms with E-state index in [9.17, 15) is 4.79 Å². The van der Waals surface area contributed by atoms with Gasteiger partial charge in [0, 0.05) is 4.90 Å². The van der Waals surface area contributed by atoms with Crippen LogP contribution in [0, 0.1) is 6.92 Å². The van der Waals surface area contributed by atoms with Crippen molar-refractivity contribution in [1.29, 1.82) is 0 Å². The number of benzene rings is 2. The Morgan fingerprint density at radius 2 is 1.52 bits per heavy atom. The Bertz CT molecular complexity index is 539. The highest BCUT2D eigenvalue weighted by molar-refractivity contribution is 8.00. The van der Waals surface area contributed by atoms with Crippen molar-refractivity contribution >= 4 is 30.4 Å². The van der Waals surface area contributed by atoms with Crippen molar-refractivity contribution in [1.82, 2.24) is 0 Å². The largest absolute Gasteiger partial charge is 0.468 e. The van der Waals surface area contributed by atoms with Gasteiger partial charge in [-0.25, -0.2) is 0 Å². The molecule has 0 saturated heterocycles. The first kappa shape index (κ1) is 21.6. The van der Waals surface area contributed by atoms with Crippen LogP contribution in [0.4, 0.5) is 0 Å². The molecule has 0 fully saturated rings. The van der Waals surface area contributed by atoms with Crippen LogP contribution in [0.2, 0.25) is 0 Å². The lowest BCUT2D eigenvalue weighted by Crippen LogP contribution is -2.10. The first-order chi connectivity index (χ1) is 11.2. The van der Waals surface area contributed by atoms with E-state index in [1.807, 2.05) is 75.4 Å². The minimum Gasteiger partial charge on any atom is -0.468 e. The Morgan fingerprint density at radius 3 is 2.00 bits per heavy atom. The summed E-state index contributed by atoms with van der Waals surface area (Å²) in [6, 6.07) is 17.8. The zero-order valence-corrected chi connectivity index (χ0v) is 16.2. The third-order valence-electron chi connectivity index (χ3n) is 2.79. The Labute approximate surface area is 150 Å². The van der Waals surface area contributed by atoms with Crippen LogP contribution < -0.4 is 0 Å². The highest BCUT2D eigenvalue weighted by Crippen LogP contribution is 2.36. The Hall–Kier alpha value is -1.39. The summed E-state index contributed by atoms with van der Waals surface area (Å²) in [5.41, 5.74) is 2.17. The predicted octanol–water partition coefficient (Wildman–Crippen LogP) is 5.57. The van der Waals surface area contributed by atoms with Crippen LogP contribution in [0.15, 0.2) is 59.5 Å². The van der Waals surface area contributed by atoms with Gasteiger partial charge in [-0.15, -0.1) is 11.8 Å². The van der Waals surface area contributed by atoms with Gasteiger partial charge >= 0.3 is 5.97 Å². The average Bonchev–Trinajstić information content (AvgIpc) is 2.64. The fourth-order valence-electron chi connectivity index (χ4n) is 1.74. The van der Waals surface area contributed by atoms with Gasteiger partial charge in [0.1, 0.15) is 5.25 Å². The van der Waals surface area contributed by atoms with Crippen molar-refractivity contribution in [2.75, 3.05) is 13.4 Å². The molecule has 23 heavy (non-hydrogen) atoms. The van der Waals surface area contributed by atoms with Crippen molar-refractivity contribution in [3.8, 4) is 0 Å². The van der Waals surface area contributed by atoms with Gasteiger partial charge in [-0.1, -0.05) is 61.9 Å². The number of methoxy groups -OCH3 is 1. The number of ether oxygens (including phenoxy) is 1. The molecule has 0 bridgehead atoms. The molecular formula is C19H26O2S2. The topological polar surface area (TPSA) is 26.3 Å². The van der Waals surface area contributed by atoms with Gasteiger partial charge in [0.15, 0.2) is 0 Å². The summed E-state index contributed by atoms with van der Waals surface area (Å²) in [6.07, 6.45) is 1.69. The monoisotopic (exact) mass is 350 g/mol. The molecule has 0 aliphatic carbocycles. The van der Waals surface area contributed by atoms with E-state index in [1.54, 1.807) is 6.26 Å². The molecule has 0 aliphatic heterocycles. The van der Waals surface area contributed by atoms with E-state index in [0.717, 1.165) is 10.5 Å². The van der Waals surface area contributed by atoms with Gasteiger partial charge < -0.3 is 4.74 Å². The summed E-state index contributed by atoms with van der Waals surface area (Å²) in [4.78, 5) is 13.0. The van der Waals surface area contributed by atoms with E-state index in [2.05, 4.69) is 12.6 Å². The Kier molecular flexibility index (Phi) is 12.3. The minimum atomic E-state index is -0.325. The van der Waals surface area contributed by atoms with Gasteiger partial charge in [-0.05, 0) is 30.9 Å². The summed E-state index contributed by atoms with van der Waals surface area (Å²) in [5.74, 6) is -0.225. The van der Waals surface area contributed by atoms with Gasteiger partial charge in [0.2, 0.25) is 0 Å². The standard InChI is InChI=1S/C16H16O2S.C2H6.CH4S/c1-12-8-10-14(11-9-12)19-15(16(17)18-2)13-6-4-3-5-7-13;2*1-2/h3-11,15H,1-2H3;1-2H3;2H,1H3. The number of aryl methyl sites for hydroxylation is 1. The van der Waals surface area contributed by atoms with E-state index in [1.165, 1.54) is 24.4 Å². The highest BCUT2D eigenvalue weighted by Gasteiger charge is 2.22. The van der Waals surface area contributed by atoms with Crippen LogP contribution in [0.1, 0.15) is 30.2 Å². The van der Waals surface area contributed by atoms with E-state index < -0.39 is 0 Å². The normalized spacial score (nSPS) is 10.3. The van der Waals surface area contributed by atoms with Crippen molar-refractivity contribution < 1.29 is 9.53 Å². The van der Waals surface area contributed by atoms with E-state index in [-0.39, 0.29) is 11.2 Å². The molecule has 0 radical (unpaired) electrons. The molecule has 2 aromatic rings. The van der Waals surface area contributed by atoms with Crippen LogP contribution >= 0.6 is 24.4 Å². The zero-order chi connectivity index (χ0) is 17.7. The molecule has 0 aliphatic rings. The smallest absolute Gasteiger partial charge is 0.323 e. The third kappa shape index (κ3) is 7.62. The first-order valence-corrected chi connectivity index (χ1v) is 9.29. The van der Waals surface area contributed by atoms with Crippen LogP contribution in [0.3, 0.4) is 0 Å². The summed E-state index contributed by atoms with van der Waals surface area (Å²) in [5, 5.41) is -0.325. The molecule has 4 heteroatoms. The maximum atomic E-state index is 11.9. The van der Waals surface area contributed by atoms with Crippen molar-refractivity contribution in [3.63, 3.8) is 0 Å². The second kappa shape index (κ2) is 13.1. The number of carbonyl (C=O) groups is 1. The first-order valence-electron chi connectivity index (χ1n) is 7.51. The Morgan fingerprint density at radius 1 is 1.00 bits per heavy atom. The lowest BCUT2D eigenvalue weighted by Gasteiger charge is -2.14. The molecule has 2 rings (SSSR count). The van der Waals surface area contributed by atoms with Gasteiger partial charge in [0.05, 0.1) is 7.11 Å². The van der Waals surface area contributed by atoms with Crippen molar-refractivity contribution in [2.45, 2.75) is 30.9 Å². The van der Waals surface area contributed by atoms with Gasteiger partial charge in [-0.2, -0.15) is 12.6 Å². The highest BCUT2D eigenvalue weighted by atomic mass is 32.2. The second-order valence-electron chi connectivity index (χ2n) is 4.24. The number of hydrogen-bond donors (Lipinski definition) is 1. The van der Waals surface area contributed by atoms with Crippen LogP contribution in [0.5, 0.6) is 0 Å². The number of hydrogen-bond acceptors (Lipinski definition) is 4. The molecule has 1 atom stereocenters. The number of thiol groups is 1. The molecule has 0 heterocycles. The number of rotatable bonds is 4. The maximum Gasteiger partial charge on any atom is 0.323 e. The third-order valence-corrected chi connectivity index (χ3v) is 4.04. The van der Waals surface area contributed by atoms with Crippen molar-refractivity contribution in [3.05, 3.63) is 65.7 Å². The molecule has 0 aromatic heterocycles. The molecular weight excluding hydrogens is 324 g/mol. The maximum absolute atomic E-state index is 11.9. The van der Waals surface area contributed by atoms with E-state index in [0.29, 0.717) is 0 Å². The van der Waals surface area contributed by atoms with Crippen molar-refractivity contribution in [2.24, 2.45) is 0 Å². The number of esters is 1. The van der Waals surface area contributed by atoms with Gasteiger partial charge in [-0.3, -0.25) is 4.79 Å². The lowest BCUT2D eigenvalue weighted by molar-refractivity contribution is -0.140. The minimum absolute atomic E-state index is 0.225. The fourth-order valence-corrected chi connectivity index (χ4v) is 2.79. The molecule has 0 saturated carbocycles. The fraction of sp³-hybridized carbons (Fsp3) is 0.316. The molecule has 2 nitrogen and oxygen atoms in total. The van der Waals surface area contributed by atoms with Crippen LogP contribution in [-0.2, 0) is 9.53 Å².